The highest BCUT2D eigenvalue weighted by molar-refractivity contribution is 5.73. The first-order valence-electron chi connectivity index (χ1n) is 6.48. The molecule has 1 aliphatic heterocycles. The number of aryl methyl sites for hydroxylation is 2. The number of hydrogen-bond donors (Lipinski definition) is 1. The summed E-state index contributed by atoms with van der Waals surface area (Å²) in [6.07, 6.45) is 0.969. The average Bonchev–Trinajstić information content (AvgIpc) is 2.88. The van der Waals surface area contributed by atoms with E-state index in [1.165, 1.54) is 5.56 Å². The Balaban J connectivity index is 2.13. The summed E-state index contributed by atoms with van der Waals surface area (Å²) in [6, 6.07) is 6.22. The monoisotopic (exact) mass is 255 g/mol. The van der Waals surface area contributed by atoms with Gasteiger partial charge in [0.05, 0.1) is 18.0 Å². The molecule has 0 saturated carbocycles. The predicted molar refractivity (Wildman–Crippen MR) is 75.7 cm³/mol. The molecule has 0 aliphatic carbocycles. The van der Waals surface area contributed by atoms with Gasteiger partial charge in [-0.05, 0) is 37.6 Å². The Bertz CT molecular complexity index is 638. The van der Waals surface area contributed by atoms with Gasteiger partial charge in [0.25, 0.3) is 0 Å². The van der Waals surface area contributed by atoms with Crippen LogP contribution >= 0.6 is 0 Å². The topological polar surface area (TPSA) is 47.0 Å². The third kappa shape index (κ3) is 2.03. The zero-order valence-electron chi connectivity index (χ0n) is 11.4. The standard InChI is InChI=1S/C15H17N3O/c1-9-10(2)18-15(16-3)14(17-9)12-4-5-13-11(8-12)6-7-19-13/h4-5,8H,6-7H2,1-3H3,(H,16,18). The van der Waals surface area contributed by atoms with E-state index in [4.69, 9.17) is 4.74 Å². The lowest BCUT2D eigenvalue weighted by molar-refractivity contribution is 0.357. The van der Waals surface area contributed by atoms with Crippen LogP contribution in [-0.2, 0) is 6.42 Å². The Morgan fingerprint density at radius 2 is 1.95 bits per heavy atom. The van der Waals surface area contributed by atoms with Crippen LogP contribution in [0.3, 0.4) is 0 Å². The Morgan fingerprint density at radius 3 is 2.74 bits per heavy atom. The SMILES string of the molecule is CNc1nc(C)c(C)nc1-c1ccc2c(c1)CCO2. The number of hydrogen-bond acceptors (Lipinski definition) is 4. The number of nitrogens with zero attached hydrogens (tertiary/aromatic N) is 2. The highest BCUT2D eigenvalue weighted by Crippen LogP contribution is 2.32. The predicted octanol–water partition coefficient (Wildman–Crippen LogP) is 2.74. The number of nitrogens with one attached hydrogen (secondary N) is 1. The van der Waals surface area contributed by atoms with Crippen molar-refractivity contribution in [3.63, 3.8) is 0 Å². The largest absolute Gasteiger partial charge is 0.493 e. The zero-order valence-corrected chi connectivity index (χ0v) is 11.4. The van der Waals surface area contributed by atoms with Gasteiger partial charge in [-0.1, -0.05) is 0 Å². The lowest BCUT2D eigenvalue weighted by Crippen LogP contribution is -2.02. The van der Waals surface area contributed by atoms with Crippen LogP contribution in [0.4, 0.5) is 5.82 Å². The summed E-state index contributed by atoms with van der Waals surface area (Å²) < 4.78 is 5.54. The molecule has 0 bridgehead atoms. The van der Waals surface area contributed by atoms with Crippen molar-refractivity contribution in [3.8, 4) is 17.0 Å². The van der Waals surface area contributed by atoms with Crippen molar-refractivity contribution < 1.29 is 4.74 Å². The second kappa shape index (κ2) is 4.53. The number of anilines is 1. The number of aromatic nitrogens is 2. The minimum absolute atomic E-state index is 0.774. The number of benzene rings is 1. The summed E-state index contributed by atoms with van der Waals surface area (Å²) in [6.45, 7) is 4.74. The van der Waals surface area contributed by atoms with E-state index in [9.17, 15) is 0 Å². The van der Waals surface area contributed by atoms with Gasteiger partial charge in [0.1, 0.15) is 11.4 Å². The number of ether oxygens (including phenoxy) is 1. The van der Waals surface area contributed by atoms with Crippen LogP contribution in [0.5, 0.6) is 5.75 Å². The van der Waals surface area contributed by atoms with Gasteiger partial charge in [0.2, 0.25) is 0 Å². The van der Waals surface area contributed by atoms with Gasteiger partial charge in [-0.2, -0.15) is 0 Å². The molecule has 1 aliphatic rings. The molecular weight excluding hydrogens is 238 g/mol. The molecule has 0 spiro atoms. The van der Waals surface area contributed by atoms with Crippen LogP contribution in [0.1, 0.15) is 17.0 Å². The third-order valence-corrected chi connectivity index (χ3v) is 3.51. The van der Waals surface area contributed by atoms with Gasteiger partial charge >= 0.3 is 0 Å². The Labute approximate surface area is 112 Å². The van der Waals surface area contributed by atoms with E-state index in [2.05, 4.69) is 21.4 Å². The molecule has 0 amide bonds. The molecule has 1 aromatic heterocycles. The fraction of sp³-hybridized carbons (Fsp3) is 0.333. The minimum Gasteiger partial charge on any atom is -0.493 e. The van der Waals surface area contributed by atoms with Crippen LogP contribution in [0.15, 0.2) is 18.2 Å². The van der Waals surface area contributed by atoms with Crippen LogP contribution in [-0.4, -0.2) is 23.6 Å². The molecule has 19 heavy (non-hydrogen) atoms. The van der Waals surface area contributed by atoms with Gasteiger partial charge in [-0.3, -0.25) is 0 Å². The Kier molecular flexibility index (Phi) is 2.85. The molecule has 2 aromatic rings. The fourth-order valence-electron chi connectivity index (χ4n) is 2.31. The van der Waals surface area contributed by atoms with Crippen molar-refractivity contribution in [3.05, 3.63) is 35.2 Å². The molecule has 0 fully saturated rings. The first kappa shape index (κ1) is 12.0. The molecule has 4 nitrogen and oxygen atoms in total. The van der Waals surface area contributed by atoms with E-state index in [0.29, 0.717) is 0 Å². The maximum absolute atomic E-state index is 5.54. The maximum atomic E-state index is 5.54. The van der Waals surface area contributed by atoms with Crippen molar-refractivity contribution >= 4 is 5.82 Å². The molecule has 0 atom stereocenters. The van der Waals surface area contributed by atoms with Crippen LogP contribution in [0.25, 0.3) is 11.3 Å². The molecule has 0 radical (unpaired) electrons. The molecule has 1 aromatic carbocycles. The van der Waals surface area contributed by atoms with Crippen molar-refractivity contribution in [2.24, 2.45) is 0 Å². The molecule has 4 heteroatoms. The van der Waals surface area contributed by atoms with Crippen molar-refractivity contribution in [1.29, 1.82) is 0 Å². The van der Waals surface area contributed by atoms with E-state index in [1.807, 2.05) is 33.0 Å². The van der Waals surface area contributed by atoms with E-state index in [-0.39, 0.29) is 0 Å². The highest BCUT2D eigenvalue weighted by atomic mass is 16.5. The molecule has 98 valence electrons. The summed E-state index contributed by atoms with van der Waals surface area (Å²) in [5.41, 5.74) is 5.16. The average molecular weight is 255 g/mol. The van der Waals surface area contributed by atoms with E-state index in [1.54, 1.807) is 0 Å². The molecule has 3 rings (SSSR count). The first-order valence-corrected chi connectivity index (χ1v) is 6.48. The maximum Gasteiger partial charge on any atom is 0.152 e. The molecule has 0 saturated heterocycles. The molecule has 2 heterocycles. The fourth-order valence-corrected chi connectivity index (χ4v) is 2.31. The third-order valence-electron chi connectivity index (χ3n) is 3.51. The molecular formula is C15H17N3O. The van der Waals surface area contributed by atoms with Crippen LogP contribution < -0.4 is 10.1 Å². The summed E-state index contributed by atoms with van der Waals surface area (Å²) in [7, 11) is 1.87. The van der Waals surface area contributed by atoms with E-state index in [0.717, 1.165) is 47.2 Å². The first-order chi connectivity index (χ1) is 9.19. The number of fused-ring (bicyclic) bond motifs is 1. The van der Waals surface area contributed by atoms with Gasteiger partial charge in [0.15, 0.2) is 5.82 Å². The molecule has 1 N–H and O–H groups in total. The highest BCUT2D eigenvalue weighted by Gasteiger charge is 2.16. The summed E-state index contributed by atoms with van der Waals surface area (Å²) in [4.78, 5) is 9.23. The second-order valence-electron chi connectivity index (χ2n) is 4.76. The second-order valence-corrected chi connectivity index (χ2v) is 4.76. The molecule has 0 unspecified atom stereocenters. The van der Waals surface area contributed by atoms with Crippen molar-refractivity contribution in [2.45, 2.75) is 20.3 Å². The Morgan fingerprint density at radius 1 is 1.16 bits per heavy atom. The summed E-state index contributed by atoms with van der Waals surface area (Å²) in [5.74, 6) is 1.81. The summed E-state index contributed by atoms with van der Waals surface area (Å²) >= 11 is 0. The van der Waals surface area contributed by atoms with Crippen LogP contribution in [0, 0.1) is 13.8 Å². The number of rotatable bonds is 2. The minimum atomic E-state index is 0.774. The summed E-state index contributed by atoms with van der Waals surface area (Å²) in [5, 5.41) is 3.12. The van der Waals surface area contributed by atoms with Crippen molar-refractivity contribution in [2.75, 3.05) is 19.0 Å². The zero-order chi connectivity index (χ0) is 13.4. The van der Waals surface area contributed by atoms with Gasteiger partial charge in [0, 0.05) is 19.0 Å². The van der Waals surface area contributed by atoms with E-state index >= 15 is 0 Å². The lowest BCUT2D eigenvalue weighted by atomic mass is 10.1. The lowest BCUT2D eigenvalue weighted by Gasteiger charge is -2.11. The Hall–Kier alpha value is -2.10. The van der Waals surface area contributed by atoms with E-state index < -0.39 is 0 Å². The quantitative estimate of drug-likeness (QED) is 0.896. The van der Waals surface area contributed by atoms with Gasteiger partial charge in [-0.15, -0.1) is 0 Å². The van der Waals surface area contributed by atoms with Gasteiger partial charge < -0.3 is 10.1 Å². The van der Waals surface area contributed by atoms with Crippen molar-refractivity contribution in [1.82, 2.24) is 9.97 Å². The van der Waals surface area contributed by atoms with Gasteiger partial charge in [-0.25, -0.2) is 9.97 Å². The smallest absolute Gasteiger partial charge is 0.152 e. The van der Waals surface area contributed by atoms with Crippen LogP contribution in [0.2, 0.25) is 0 Å². The normalized spacial score (nSPS) is 13.0.